The number of rotatable bonds is 8. The summed E-state index contributed by atoms with van der Waals surface area (Å²) in [5.41, 5.74) is 1.09. The molecule has 0 bridgehead atoms. The van der Waals surface area contributed by atoms with Crippen LogP contribution in [0.4, 0.5) is 23.2 Å². The van der Waals surface area contributed by atoms with E-state index in [1.165, 1.54) is 19.2 Å². The maximum absolute atomic E-state index is 15.1. The van der Waals surface area contributed by atoms with E-state index < -0.39 is 23.4 Å². The zero-order valence-corrected chi connectivity index (χ0v) is 27.4. The molecule has 0 aliphatic carbocycles. The van der Waals surface area contributed by atoms with Crippen LogP contribution in [-0.2, 0) is 20.5 Å². The topological polar surface area (TPSA) is 129 Å². The number of amides is 2. The highest BCUT2D eigenvalue weighted by molar-refractivity contribution is 6.01. The number of nitrogens with zero attached hydrogens (tertiary/aromatic N) is 6. The van der Waals surface area contributed by atoms with E-state index in [1.54, 1.807) is 53.7 Å². The summed E-state index contributed by atoms with van der Waals surface area (Å²) in [5, 5.41) is 10.4. The van der Waals surface area contributed by atoms with Crippen molar-refractivity contribution in [3.63, 3.8) is 0 Å². The van der Waals surface area contributed by atoms with Gasteiger partial charge in [-0.2, -0.15) is 18.3 Å². The summed E-state index contributed by atoms with van der Waals surface area (Å²) in [6.45, 7) is 1.45. The number of aromatic nitrogens is 5. The average molecular weight is 701 g/mol. The van der Waals surface area contributed by atoms with E-state index in [0.717, 1.165) is 17.8 Å². The van der Waals surface area contributed by atoms with Gasteiger partial charge in [-0.05, 0) is 60.9 Å². The number of pyridine rings is 1. The Bertz CT molecular complexity index is 2140. The van der Waals surface area contributed by atoms with E-state index in [1.807, 2.05) is 11.0 Å². The number of hydrogen-bond acceptors (Lipinski definition) is 8. The number of methoxy groups -OCH3 is 1. The molecule has 0 radical (unpaired) electrons. The normalized spacial score (nSPS) is 18.2. The number of benzene rings is 2. The molecule has 1 fully saturated rings. The van der Waals surface area contributed by atoms with E-state index in [0.29, 0.717) is 66.0 Å². The fourth-order valence-corrected chi connectivity index (χ4v) is 6.52. The number of anilines is 1. The van der Waals surface area contributed by atoms with Gasteiger partial charge < -0.3 is 15.0 Å². The summed E-state index contributed by atoms with van der Waals surface area (Å²) < 4.78 is 60.7. The number of nitrogens with one attached hydrogen (secondary N) is 2. The van der Waals surface area contributed by atoms with Crippen LogP contribution in [0.5, 0.6) is 0 Å². The van der Waals surface area contributed by atoms with Gasteiger partial charge in [-0.3, -0.25) is 24.6 Å². The third-order valence-corrected chi connectivity index (χ3v) is 9.32. The minimum Gasteiger partial charge on any atom is -0.367 e. The maximum Gasteiger partial charge on any atom is 0.433 e. The van der Waals surface area contributed by atoms with Crippen LogP contribution >= 0.6 is 0 Å². The van der Waals surface area contributed by atoms with Gasteiger partial charge in [0.15, 0.2) is 11.4 Å². The van der Waals surface area contributed by atoms with E-state index >= 15 is 4.39 Å². The number of hydrogen-bond donors (Lipinski definition) is 2. The van der Waals surface area contributed by atoms with Crippen LogP contribution in [0, 0.1) is 5.82 Å². The van der Waals surface area contributed by atoms with Crippen LogP contribution in [0.2, 0.25) is 0 Å². The molecule has 2 aliphatic heterocycles. The highest BCUT2D eigenvalue weighted by Crippen LogP contribution is 2.34. The Balaban J connectivity index is 0.979. The first-order chi connectivity index (χ1) is 24.5. The van der Waals surface area contributed by atoms with Gasteiger partial charge in [0.05, 0.1) is 12.1 Å². The lowest BCUT2D eigenvalue weighted by atomic mass is 9.97. The highest BCUT2D eigenvalue weighted by atomic mass is 19.4. The first-order valence-electron chi connectivity index (χ1n) is 16.2. The maximum atomic E-state index is 15.1. The van der Waals surface area contributed by atoms with Gasteiger partial charge in [0.25, 0.3) is 5.91 Å². The summed E-state index contributed by atoms with van der Waals surface area (Å²) in [4.78, 5) is 42.3. The minimum atomic E-state index is -4.61. The number of likely N-dealkylation sites (tertiary alicyclic amines) is 1. The molecule has 51 heavy (non-hydrogen) atoms. The van der Waals surface area contributed by atoms with Gasteiger partial charge in [-0.1, -0.05) is 18.2 Å². The summed E-state index contributed by atoms with van der Waals surface area (Å²) in [6, 6.07) is 13.9. The van der Waals surface area contributed by atoms with Gasteiger partial charge in [-0.15, -0.1) is 0 Å². The van der Waals surface area contributed by atoms with Crippen molar-refractivity contribution in [2.24, 2.45) is 0 Å². The smallest absolute Gasteiger partial charge is 0.367 e. The lowest BCUT2D eigenvalue weighted by molar-refractivity contribution is -0.141. The molecule has 0 unspecified atom stereocenters. The van der Waals surface area contributed by atoms with E-state index in [9.17, 15) is 22.8 Å². The largest absolute Gasteiger partial charge is 0.433 e. The van der Waals surface area contributed by atoms with Crippen LogP contribution < -0.4 is 5.32 Å². The van der Waals surface area contributed by atoms with Crippen molar-refractivity contribution in [3.8, 4) is 22.6 Å². The third kappa shape index (κ3) is 6.94. The summed E-state index contributed by atoms with van der Waals surface area (Å²) in [5.74, 6) is -0.466. The number of fused-ring (bicyclic) bond motifs is 1. The van der Waals surface area contributed by atoms with Crippen molar-refractivity contribution < 1.29 is 31.9 Å². The molecule has 2 aromatic carbocycles. The monoisotopic (exact) mass is 700 g/mol. The van der Waals surface area contributed by atoms with Crippen LogP contribution in [0.3, 0.4) is 0 Å². The molecule has 11 nitrogen and oxygen atoms in total. The number of halogens is 4. The molecule has 7 rings (SSSR count). The number of H-pyrrole nitrogens is 1. The fourth-order valence-electron chi connectivity index (χ4n) is 6.52. The standard InChI is InChI=1S/C36H32F4N8O3/c1-51-35(34(50)44-25-4-6-29-27(19-25)32(46-45-29)23-7-13-41-30(18-23)36(38,39)40)10-16-47(21-35)20-31(49)48-14-8-22(9-15-48)26-5-3-24(17-28(26)37)33-42-11-2-12-43-33/h2-8,11-13,17-19H,9-10,14-16,20-21H2,1H3,(H,44,50)(H,45,46)/t35-/m0/s1. The second-order valence-electron chi connectivity index (χ2n) is 12.5. The number of carbonyl (C=O) groups is 2. The van der Waals surface area contributed by atoms with Crippen LogP contribution in [0.1, 0.15) is 24.1 Å². The number of aromatic amines is 1. The van der Waals surface area contributed by atoms with Crippen LogP contribution in [0.15, 0.2) is 79.3 Å². The van der Waals surface area contributed by atoms with Gasteiger partial charge >= 0.3 is 6.18 Å². The van der Waals surface area contributed by atoms with Crippen molar-refractivity contribution in [3.05, 3.63) is 96.3 Å². The second-order valence-corrected chi connectivity index (χ2v) is 12.5. The zero-order valence-electron chi connectivity index (χ0n) is 27.4. The van der Waals surface area contributed by atoms with E-state index in [2.05, 4.69) is 30.5 Å². The molecule has 3 aromatic heterocycles. The Morgan fingerprint density at radius 3 is 2.55 bits per heavy atom. The predicted octanol–water partition coefficient (Wildman–Crippen LogP) is 5.59. The Morgan fingerprint density at radius 2 is 1.82 bits per heavy atom. The molecular formula is C36H32F4N8O3. The van der Waals surface area contributed by atoms with Gasteiger partial charge in [0.2, 0.25) is 5.91 Å². The Labute approximate surface area is 289 Å². The molecule has 2 amide bonds. The van der Waals surface area contributed by atoms with Crippen LogP contribution in [0.25, 0.3) is 39.1 Å². The fraction of sp³-hybridized carbons (Fsp3) is 0.278. The van der Waals surface area contributed by atoms with Crippen LogP contribution in [-0.4, -0.2) is 92.2 Å². The molecule has 0 spiro atoms. The number of ether oxygens (including phenoxy) is 1. The third-order valence-electron chi connectivity index (χ3n) is 9.32. The zero-order chi connectivity index (χ0) is 35.8. The van der Waals surface area contributed by atoms with Crippen molar-refractivity contribution in [1.29, 1.82) is 0 Å². The van der Waals surface area contributed by atoms with Gasteiger partial charge in [0.1, 0.15) is 17.2 Å². The molecule has 15 heteroatoms. The Kier molecular flexibility index (Phi) is 9.08. The molecule has 2 aliphatic rings. The average Bonchev–Trinajstić information content (AvgIpc) is 3.76. The lowest BCUT2D eigenvalue weighted by Gasteiger charge is -2.30. The first kappa shape index (κ1) is 33.9. The summed E-state index contributed by atoms with van der Waals surface area (Å²) in [7, 11) is 1.44. The molecule has 2 N–H and O–H groups in total. The van der Waals surface area contributed by atoms with E-state index in [4.69, 9.17) is 4.74 Å². The Morgan fingerprint density at radius 1 is 1.00 bits per heavy atom. The SMILES string of the molecule is CO[C@@]1(C(=O)Nc2ccc3[nH]nc(-c4ccnc(C(F)(F)F)c4)c3c2)CCN(CC(=O)N2CC=C(c3ccc(-c4ncccn4)cc3F)CC2)C1. The molecule has 5 aromatic rings. The Hall–Kier alpha value is -5.54. The minimum absolute atomic E-state index is 0.0812. The highest BCUT2D eigenvalue weighted by Gasteiger charge is 2.45. The van der Waals surface area contributed by atoms with Crippen molar-refractivity contribution in [2.75, 3.05) is 45.2 Å². The molecule has 0 saturated carbocycles. The number of alkyl halides is 3. The van der Waals surface area contributed by atoms with Gasteiger partial charge in [0, 0.05) is 79.6 Å². The summed E-state index contributed by atoms with van der Waals surface area (Å²) in [6.07, 6.45) is 2.35. The molecule has 262 valence electrons. The summed E-state index contributed by atoms with van der Waals surface area (Å²) >= 11 is 0. The van der Waals surface area contributed by atoms with Crippen molar-refractivity contribution >= 4 is 34.0 Å². The van der Waals surface area contributed by atoms with Crippen molar-refractivity contribution in [2.45, 2.75) is 24.6 Å². The predicted molar refractivity (Wildman–Crippen MR) is 180 cm³/mol. The van der Waals surface area contributed by atoms with E-state index in [-0.39, 0.29) is 36.1 Å². The molecule has 5 heterocycles. The molecule has 1 atom stereocenters. The molecular weight excluding hydrogens is 668 g/mol. The lowest BCUT2D eigenvalue weighted by Crippen LogP contribution is -2.48. The molecule has 1 saturated heterocycles. The number of carbonyl (C=O) groups excluding carboxylic acids is 2. The van der Waals surface area contributed by atoms with Crippen molar-refractivity contribution in [1.82, 2.24) is 34.9 Å². The second kappa shape index (κ2) is 13.6. The first-order valence-corrected chi connectivity index (χ1v) is 16.2. The van der Waals surface area contributed by atoms with Gasteiger partial charge in [-0.25, -0.2) is 14.4 Å². The quantitative estimate of drug-likeness (QED) is 0.201.